The Morgan fingerprint density at radius 1 is 1.29 bits per heavy atom. The van der Waals surface area contributed by atoms with Gasteiger partial charge in [0.05, 0.1) is 31.0 Å². The zero-order valence-corrected chi connectivity index (χ0v) is 11.4. The minimum Gasteiger partial charge on any atom is -0.378 e. The third-order valence-electron chi connectivity index (χ3n) is 3.13. The molecule has 1 N–H and O–H groups in total. The van der Waals surface area contributed by atoms with Crippen molar-refractivity contribution in [3.63, 3.8) is 0 Å². The monoisotopic (exact) mass is 282 g/mol. The normalized spacial score (nSPS) is 14.5. The molecule has 1 aliphatic heterocycles. The summed E-state index contributed by atoms with van der Waals surface area (Å²) in [6.45, 7) is 2.97. The summed E-state index contributed by atoms with van der Waals surface area (Å²) in [4.78, 5) is 6.56. The molecule has 0 atom stereocenters. The molecule has 0 saturated carbocycles. The Kier molecular flexibility index (Phi) is 3.89. The van der Waals surface area contributed by atoms with Gasteiger partial charge in [-0.3, -0.25) is 0 Å². The maximum absolute atomic E-state index is 8.90. The van der Waals surface area contributed by atoms with Gasteiger partial charge in [0.1, 0.15) is 0 Å². The van der Waals surface area contributed by atoms with Gasteiger partial charge >= 0.3 is 0 Å². The summed E-state index contributed by atoms with van der Waals surface area (Å²) in [6.07, 6.45) is 1.64. The van der Waals surface area contributed by atoms with Gasteiger partial charge in [-0.25, -0.2) is 0 Å². The second-order valence-electron chi connectivity index (χ2n) is 4.56. The lowest BCUT2D eigenvalue weighted by atomic mass is 10.2. The van der Waals surface area contributed by atoms with E-state index in [1.54, 1.807) is 24.4 Å². The molecule has 0 amide bonds. The van der Waals surface area contributed by atoms with E-state index >= 15 is 0 Å². The van der Waals surface area contributed by atoms with Crippen molar-refractivity contribution in [2.24, 2.45) is 0 Å². The summed E-state index contributed by atoms with van der Waals surface area (Å²) in [6, 6.07) is 9.24. The molecule has 0 bridgehead atoms. The standard InChI is InChI=1S/C14H14N6O/c15-9-11-2-1-3-12(8-11)17-14-18-13(10-16-19-14)20-4-6-21-7-5-20/h1-3,8,10H,4-7H2,(H,17,18,19). The Morgan fingerprint density at radius 2 is 2.14 bits per heavy atom. The summed E-state index contributed by atoms with van der Waals surface area (Å²) < 4.78 is 5.32. The maximum Gasteiger partial charge on any atom is 0.249 e. The number of nitrogens with zero attached hydrogens (tertiary/aromatic N) is 5. The van der Waals surface area contributed by atoms with Crippen LogP contribution in [-0.2, 0) is 4.74 Å². The smallest absolute Gasteiger partial charge is 0.249 e. The van der Waals surface area contributed by atoms with Crippen LogP contribution in [0.5, 0.6) is 0 Å². The Hall–Kier alpha value is -2.72. The first kappa shape index (κ1) is 13.3. The van der Waals surface area contributed by atoms with Crippen LogP contribution in [0, 0.1) is 11.3 Å². The summed E-state index contributed by atoms with van der Waals surface area (Å²) in [5.41, 5.74) is 1.34. The Balaban J connectivity index is 1.77. The number of hydrogen-bond acceptors (Lipinski definition) is 7. The summed E-state index contributed by atoms with van der Waals surface area (Å²) in [5.74, 6) is 1.18. The third kappa shape index (κ3) is 3.24. The first-order chi connectivity index (χ1) is 10.3. The van der Waals surface area contributed by atoms with E-state index in [0.29, 0.717) is 24.7 Å². The third-order valence-corrected chi connectivity index (χ3v) is 3.13. The SMILES string of the molecule is N#Cc1cccc(Nc2nncc(N3CCOCC3)n2)c1. The number of rotatable bonds is 3. The topological polar surface area (TPSA) is 87.0 Å². The van der Waals surface area contributed by atoms with E-state index < -0.39 is 0 Å². The molecule has 0 aliphatic carbocycles. The molecule has 0 radical (unpaired) electrons. The van der Waals surface area contributed by atoms with Crippen molar-refractivity contribution in [3.8, 4) is 6.07 Å². The Morgan fingerprint density at radius 3 is 2.95 bits per heavy atom. The minimum absolute atomic E-state index is 0.411. The van der Waals surface area contributed by atoms with E-state index in [2.05, 4.69) is 31.5 Å². The molecule has 2 aromatic rings. The van der Waals surface area contributed by atoms with E-state index in [-0.39, 0.29) is 0 Å². The van der Waals surface area contributed by atoms with Crippen LogP contribution < -0.4 is 10.2 Å². The van der Waals surface area contributed by atoms with Crippen LogP contribution in [0.4, 0.5) is 17.5 Å². The fourth-order valence-electron chi connectivity index (χ4n) is 2.09. The number of morpholine rings is 1. The highest BCUT2D eigenvalue weighted by Crippen LogP contribution is 2.17. The Bertz CT molecular complexity index is 663. The van der Waals surface area contributed by atoms with Crippen molar-refractivity contribution in [2.75, 3.05) is 36.5 Å². The van der Waals surface area contributed by atoms with Gasteiger partial charge in [0.25, 0.3) is 0 Å². The molecular weight excluding hydrogens is 268 g/mol. The molecule has 1 saturated heterocycles. The fourth-order valence-corrected chi connectivity index (χ4v) is 2.09. The molecule has 7 heteroatoms. The molecule has 0 spiro atoms. The molecule has 1 fully saturated rings. The number of nitriles is 1. The second kappa shape index (κ2) is 6.15. The first-order valence-corrected chi connectivity index (χ1v) is 6.65. The molecule has 7 nitrogen and oxygen atoms in total. The molecule has 21 heavy (non-hydrogen) atoms. The van der Waals surface area contributed by atoms with Gasteiger partial charge < -0.3 is 15.0 Å². The maximum atomic E-state index is 8.90. The minimum atomic E-state index is 0.411. The van der Waals surface area contributed by atoms with Crippen LogP contribution in [0.2, 0.25) is 0 Å². The van der Waals surface area contributed by atoms with Crippen molar-refractivity contribution in [2.45, 2.75) is 0 Å². The van der Waals surface area contributed by atoms with E-state index in [0.717, 1.165) is 24.6 Å². The van der Waals surface area contributed by atoms with Crippen molar-refractivity contribution in [3.05, 3.63) is 36.0 Å². The number of nitrogens with one attached hydrogen (secondary N) is 1. The van der Waals surface area contributed by atoms with Crippen molar-refractivity contribution in [1.29, 1.82) is 5.26 Å². The average molecular weight is 282 g/mol. The largest absolute Gasteiger partial charge is 0.378 e. The second-order valence-corrected chi connectivity index (χ2v) is 4.56. The van der Waals surface area contributed by atoms with Gasteiger partial charge in [0, 0.05) is 18.8 Å². The van der Waals surface area contributed by atoms with Gasteiger partial charge in [-0.05, 0) is 18.2 Å². The van der Waals surface area contributed by atoms with E-state index in [1.807, 2.05) is 6.07 Å². The first-order valence-electron chi connectivity index (χ1n) is 6.65. The predicted molar refractivity (Wildman–Crippen MR) is 77.3 cm³/mol. The lowest BCUT2D eigenvalue weighted by Gasteiger charge is -2.27. The number of hydrogen-bond donors (Lipinski definition) is 1. The van der Waals surface area contributed by atoms with E-state index in [4.69, 9.17) is 10.00 Å². The fraction of sp³-hybridized carbons (Fsp3) is 0.286. The average Bonchev–Trinajstić information content (AvgIpc) is 2.56. The van der Waals surface area contributed by atoms with Crippen molar-refractivity contribution >= 4 is 17.5 Å². The number of benzene rings is 1. The molecule has 106 valence electrons. The molecule has 1 aromatic heterocycles. The zero-order chi connectivity index (χ0) is 14.5. The lowest BCUT2D eigenvalue weighted by molar-refractivity contribution is 0.122. The van der Waals surface area contributed by atoms with Gasteiger partial charge in [-0.1, -0.05) is 6.07 Å². The predicted octanol–water partition coefficient (Wildman–Crippen LogP) is 1.32. The van der Waals surface area contributed by atoms with Crippen LogP contribution in [0.15, 0.2) is 30.5 Å². The highest BCUT2D eigenvalue weighted by Gasteiger charge is 2.13. The summed E-state index contributed by atoms with van der Waals surface area (Å²) >= 11 is 0. The van der Waals surface area contributed by atoms with E-state index in [9.17, 15) is 0 Å². The van der Waals surface area contributed by atoms with Crippen LogP contribution >= 0.6 is 0 Å². The molecule has 2 heterocycles. The molecular formula is C14H14N6O. The van der Waals surface area contributed by atoms with Gasteiger partial charge in [0.15, 0.2) is 5.82 Å². The van der Waals surface area contributed by atoms with Gasteiger partial charge in [-0.15, -0.1) is 5.10 Å². The van der Waals surface area contributed by atoms with Crippen LogP contribution in [0.25, 0.3) is 0 Å². The highest BCUT2D eigenvalue weighted by molar-refractivity contribution is 5.57. The van der Waals surface area contributed by atoms with Crippen molar-refractivity contribution in [1.82, 2.24) is 15.2 Å². The van der Waals surface area contributed by atoms with Crippen LogP contribution in [-0.4, -0.2) is 41.5 Å². The zero-order valence-electron chi connectivity index (χ0n) is 11.4. The number of ether oxygens (including phenoxy) is 1. The quantitative estimate of drug-likeness (QED) is 0.908. The van der Waals surface area contributed by atoms with Crippen LogP contribution in [0.3, 0.4) is 0 Å². The molecule has 3 rings (SSSR count). The van der Waals surface area contributed by atoms with Gasteiger partial charge in [-0.2, -0.15) is 15.3 Å². The summed E-state index contributed by atoms with van der Waals surface area (Å²) in [7, 11) is 0. The lowest BCUT2D eigenvalue weighted by Crippen LogP contribution is -2.36. The Labute approximate surface area is 122 Å². The summed E-state index contributed by atoms with van der Waals surface area (Å²) in [5, 5.41) is 19.9. The molecule has 1 aliphatic rings. The highest BCUT2D eigenvalue weighted by atomic mass is 16.5. The molecule has 1 aromatic carbocycles. The van der Waals surface area contributed by atoms with Crippen LogP contribution in [0.1, 0.15) is 5.56 Å². The number of anilines is 3. The van der Waals surface area contributed by atoms with Gasteiger partial charge in [0.2, 0.25) is 5.95 Å². The van der Waals surface area contributed by atoms with Crippen molar-refractivity contribution < 1.29 is 4.74 Å². The van der Waals surface area contributed by atoms with E-state index in [1.165, 1.54) is 0 Å². The molecule has 0 unspecified atom stereocenters. The number of aromatic nitrogens is 3.